The van der Waals surface area contributed by atoms with Crippen LogP contribution in [0.15, 0.2) is 54.6 Å². The predicted octanol–water partition coefficient (Wildman–Crippen LogP) is 4.03. The molecule has 5 rings (SSSR count). The first kappa shape index (κ1) is 23.6. The fourth-order valence-corrected chi connectivity index (χ4v) is 5.57. The van der Waals surface area contributed by atoms with Gasteiger partial charge in [-0.3, -0.25) is 9.59 Å². The zero-order valence-corrected chi connectivity index (χ0v) is 20.3. The highest BCUT2D eigenvalue weighted by Crippen LogP contribution is 2.41. The molecule has 1 spiro atoms. The Morgan fingerprint density at radius 3 is 2.46 bits per heavy atom. The normalized spacial score (nSPS) is 20.5. The standard InChI is InChI=1S/C29H34N4O2/c30-19-22-6-8-23(9-7-22)20-33-21-29(18-27(33)34)13-16-32(17-14-29)15-12-26(24-4-2-1-3-5-24)31-28(35)25-10-11-25/h1-9,25-26H,10-18,20-21H2,(H,31,35)/t26-/m0/s1. The van der Waals surface area contributed by atoms with E-state index >= 15 is 0 Å². The third-order valence-corrected chi connectivity index (χ3v) is 7.98. The molecule has 2 heterocycles. The first-order valence-electron chi connectivity index (χ1n) is 12.9. The molecule has 3 fully saturated rings. The Labute approximate surface area is 207 Å². The van der Waals surface area contributed by atoms with Crippen LogP contribution < -0.4 is 5.32 Å². The van der Waals surface area contributed by atoms with E-state index in [1.54, 1.807) is 0 Å². The number of nitrogens with zero attached hydrogens (tertiary/aromatic N) is 3. The molecule has 0 aromatic heterocycles. The van der Waals surface area contributed by atoms with Gasteiger partial charge in [-0.1, -0.05) is 42.5 Å². The summed E-state index contributed by atoms with van der Waals surface area (Å²) in [4.78, 5) is 29.8. The van der Waals surface area contributed by atoms with Gasteiger partial charge in [-0.25, -0.2) is 0 Å². The van der Waals surface area contributed by atoms with E-state index in [1.165, 1.54) is 5.56 Å². The third kappa shape index (κ3) is 5.74. The molecule has 3 aliphatic rings. The number of carbonyl (C=O) groups excluding carboxylic acids is 2. The summed E-state index contributed by atoms with van der Waals surface area (Å²) in [5.41, 5.74) is 2.98. The van der Waals surface area contributed by atoms with E-state index in [1.807, 2.05) is 47.4 Å². The molecule has 0 bridgehead atoms. The van der Waals surface area contributed by atoms with Crippen LogP contribution in [0.5, 0.6) is 0 Å². The number of rotatable bonds is 8. The molecule has 6 nitrogen and oxygen atoms in total. The number of likely N-dealkylation sites (tertiary alicyclic amines) is 2. The van der Waals surface area contributed by atoms with Gasteiger partial charge < -0.3 is 15.1 Å². The Kier molecular flexibility index (Phi) is 6.88. The molecule has 1 saturated carbocycles. The Bertz CT molecular complexity index is 1080. The first-order chi connectivity index (χ1) is 17.0. The van der Waals surface area contributed by atoms with Crippen molar-refractivity contribution in [3.63, 3.8) is 0 Å². The molecular weight excluding hydrogens is 436 g/mol. The summed E-state index contributed by atoms with van der Waals surface area (Å²) in [6.07, 6.45) is 5.64. The highest BCUT2D eigenvalue weighted by molar-refractivity contribution is 5.81. The van der Waals surface area contributed by atoms with Crippen molar-refractivity contribution in [2.45, 2.75) is 51.1 Å². The van der Waals surface area contributed by atoms with Gasteiger partial charge in [-0.2, -0.15) is 5.26 Å². The van der Waals surface area contributed by atoms with Gasteiger partial charge in [-0.05, 0) is 73.9 Å². The monoisotopic (exact) mass is 470 g/mol. The Hall–Kier alpha value is -3.17. The summed E-state index contributed by atoms with van der Waals surface area (Å²) in [7, 11) is 0. The number of piperidine rings is 1. The topological polar surface area (TPSA) is 76.4 Å². The Morgan fingerprint density at radius 1 is 1.09 bits per heavy atom. The third-order valence-electron chi connectivity index (χ3n) is 7.98. The van der Waals surface area contributed by atoms with E-state index in [2.05, 4.69) is 28.4 Å². The number of hydrogen-bond donors (Lipinski definition) is 1. The van der Waals surface area contributed by atoms with Gasteiger partial charge >= 0.3 is 0 Å². The predicted molar refractivity (Wildman–Crippen MR) is 134 cm³/mol. The second-order valence-electron chi connectivity index (χ2n) is 10.6. The summed E-state index contributed by atoms with van der Waals surface area (Å²) < 4.78 is 0. The van der Waals surface area contributed by atoms with Crippen LogP contribution in [0.3, 0.4) is 0 Å². The molecule has 6 heteroatoms. The summed E-state index contributed by atoms with van der Waals surface area (Å²) in [6, 6.07) is 20.0. The average molecular weight is 471 g/mol. The van der Waals surface area contributed by atoms with Crippen LogP contribution in [0.4, 0.5) is 0 Å². The second kappa shape index (κ2) is 10.2. The maximum atomic E-state index is 12.8. The van der Waals surface area contributed by atoms with Gasteiger partial charge in [0.05, 0.1) is 17.7 Å². The zero-order chi connectivity index (χ0) is 24.3. The number of hydrogen-bond acceptors (Lipinski definition) is 4. The largest absolute Gasteiger partial charge is 0.349 e. The maximum Gasteiger partial charge on any atom is 0.223 e. The fraction of sp³-hybridized carbons (Fsp3) is 0.483. The lowest BCUT2D eigenvalue weighted by Crippen LogP contribution is -2.42. The molecule has 0 unspecified atom stereocenters. The van der Waals surface area contributed by atoms with E-state index < -0.39 is 0 Å². The van der Waals surface area contributed by atoms with Crippen molar-refractivity contribution in [2.75, 3.05) is 26.2 Å². The number of nitriles is 1. The van der Waals surface area contributed by atoms with Gasteiger partial charge in [0.25, 0.3) is 0 Å². The summed E-state index contributed by atoms with van der Waals surface area (Å²) in [6.45, 7) is 4.38. The molecule has 2 aliphatic heterocycles. The highest BCUT2D eigenvalue weighted by Gasteiger charge is 2.44. The second-order valence-corrected chi connectivity index (χ2v) is 10.6. The minimum atomic E-state index is 0.0520. The average Bonchev–Trinajstić information content (AvgIpc) is 3.69. The van der Waals surface area contributed by atoms with Crippen molar-refractivity contribution in [3.05, 3.63) is 71.3 Å². The Balaban J connectivity index is 1.13. The van der Waals surface area contributed by atoms with Gasteiger partial charge in [0.2, 0.25) is 11.8 Å². The summed E-state index contributed by atoms with van der Waals surface area (Å²) >= 11 is 0. The molecule has 1 N–H and O–H groups in total. The van der Waals surface area contributed by atoms with Crippen molar-refractivity contribution in [2.24, 2.45) is 11.3 Å². The maximum absolute atomic E-state index is 12.8. The molecule has 2 saturated heterocycles. The summed E-state index contributed by atoms with van der Waals surface area (Å²) in [5, 5.41) is 12.3. The molecular formula is C29H34N4O2. The highest BCUT2D eigenvalue weighted by atomic mass is 16.2. The number of carbonyl (C=O) groups is 2. The molecule has 1 atom stereocenters. The van der Waals surface area contributed by atoms with Crippen LogP contribution in [-0.2, 0) is 16.1 Å². The molecule has 182 valence electrons. The van der Waals surface area contributed by atoms with Crippen molar-refractivity contribution < 1.29 is 9.59 Å². The van der Waals surface area contributed by atoms with Crippen LogP contribution in [0.2, 0.25) is 0 Å². The van der Waals surface area contributed by atoms with Gasteiger partial charge in [0, 0.05) is 32.0 Å². The van der Waals surface area contributed by atoms with Gasteiger partial charge in [0.1, 0.15) is 0 Å². The van der Waals surface area contributed by atoms with E-state index in [9.17, 15) is 9.59 Å². The van der Waals surface area contributed by atoms with Crippen molar-refractivity contribution in [1.29, 1.82) is 5.26 Å². The molecule has 0 radical (unpaired) electrons. The minimum Gasteiger partial charge on any atom is -0.349 e. The van der Waals surface area contributed by atoms with Crippen LogP contribution in [0.25, 0.3) is 0 Å². The van der Waals surface area contributed by atoms with Crippen molar-refractivity contribution in [1.82, 2.24) is 15.1 Å². The summed E-state index contributed by atoms with van der Waals surface area (Å²) in [5.74, 6) is 0.654. The lowest BCUT2D eigenvalue weighted by Gasteiger charge is -2.39. The van der Waals surface area contributed by atoms with E-state index in [0.717, 1.165) is 63.8 Å². The van der Waals surface area contributed by atoms with Gasteiger partial charge in [0.15, 0.2) is 0 Å². The van der Waals surface area contributed by atoms with Gasteiger partial charge in [-0.15, -0.1) is 0 Å². The van der Waals surface area contributed by atoms with Crippen LogP contribution in [0.1, 0.15) is 61.3 Å². The SMILES string of the molecule is N#Cc1ccc(CN2CC3(CCN(CC[C@H](NC(=O)C4CC4)c4ccccc4)CC3)CC2=O)cc1. The fourth-order valence-electron chi connectivity index (χ4n) is 5.57. The number of amides is 2. The quantitative estimate of drug-likeness (QED) is 0.632. The minimum absolute atomic E-state index is 0.0520. The lowest BCUT2D eigenvalue weighted by atomic mass is 9.77. The van der Waals surface area contributed by atoms with Crippen LogP contribution in [0, 0.1) is 22.7 Å². The van der Waals surface area contributed by atoms with Crippen molar-refractivity contribution in [3.8, 4) is 6.07 Å². The molecule has 35 heavy (non-hydrogen) atoms. The first-order valence-corrected chi connectivity index (χ1v) is 12.9. The molecule has 1 aliphatic carbocycles. The van der Waals surface area contributed by atoms with E-state index in [4.69, 9.17) is 5.26 Å². The zero-order valence-electron chi connectivity index (χ0n) is 20.3. The lowest BCUT2D eigenvalue weighted by molar-refractivity contribution is -0.128. The van der Waals surface area contributed by atoms with Crippen LogP contribution >= 0.6 is 0 Å². The van der Waals surface area contributed by atoms with E-state index in [0.29, 0.717) is 18.5 Å². The smallest absolute Gasteiger partial charge is 0.223 e. The number of nitrogens with one attached hydrogen (secondary N) is 1. The van der Waals surface area contributed by atoms with Crippen molar-refractivity contribution >= 4 is 11.8 Å². The number of benzene rings is 2. The van der Waals surface area contributed by atoms with Crippen LogP contribution in [-0.4, -0.2) is 47.8 Å². The molecule has 2 aromatic rings. The molecule has 2 aromatic carbocycles. The Morgan fingerprint density at radius 2 is 1.80 bits per heavy atom. The van der Waals surface area contributed by atoms with E-state index in [-0.39, 0.29) is 29.2 Å². The molecule has 2 amide bonds.